The van der Waals surface area contributed by atoms with Crippen molar-refractivity contribution >= 4 is 47.0 Å². The van der Waals surface area contributed by atoms with Crippen LogP contribution in [0, 0.1) is 0 Å². The second-order valence-electron chi connectivity index (χ2n) is 10.3. The normalized spacial score (nSPS) is 16.7. The van der Waals surface area contributed by atoms with E-state index in [4.69, 9.17) is 4.74 Å². The van der Waals surface area contributed by atoms with E-state index in [9.17, 15) is 9.59 Å². The molecule has 8 nitrogen and oxygen atoms in total. The van der Waals surface area contributed by atoms with Gasteiger partial charge in [0.05, 0.1) is 19.8 Å². The van der Waals surface area contributed by atoms with E-state index in [0.717, 1.165) is 56.8 Å². The molecule has 6 rings (SSSR count). The predicted octanol–water partition coefficient (Wildman–Crippen LogP) is 4.11. The third-order valence-electron chi connectivity index (χ3n) is 7.82. The van der Waals surface area contributed by atoms with Gasteiger partial charge in [0, 0.05) is 57.6 Å². The number of nitrogens with one attached hydrogen (secondary N) is 1. The summed E-state index contributed by atoms with van der Waals surface area (Å²) in [6.45, 7) is 5.79. The molecular formula is C30H34ClN5O3. The summed E-state index contributed by atoms with van der Waals surface area (Å²) in [6.07, 6.45) is 7.28. The van der Waals surface area contributed by atoms with Crippen LogP contribution >= 0.6 is 12.4 Å². The van der Waals surface area contributed by atoms with Gasteiger partial charge in [-0.05, 0) is 58.0 Å². The maximum absolute atomic E-state index is 13.0. The summed E-state index contributed by atoms with van der Waals surface area (Å²) in [5.74, 6) is 0.525. The SMILES string of the molecule is CN(Cc1ccc2c3c(cccc13)CC2)C(=O)/C=C/c1cnc2c(c1)CN(CCN1CCOCC1)C(=O)N2.Cl. The molecule has 2 aromatic carbocycles. The topological polar surface area (TPSA) is 78.0 Å². The molecule has 1 aromatic heterocycles. The zero-order chi connectivity index (χ0) is 26.1. The number of amides is 3. The van der Waals surface area contributed by atoms with Crippen LogP contribution < -0.4 is 5.32 Å². The van der Waals surface area contributed by atoms with Gasteiger partial charge in [0.2, 0.25) is 5.91 Å². The van der Waals surface area contributed by atoms with Gasteiger partial charge in [0.1, 0.15) is 5.82 Å². The molecule has 1 saturated heterocycles. The zero-order valence-electron chi connectivity index (χ0n) is 22.2. The monoisotopic (exact) mass is 547 g/mol. The van der Waals surface area contributed by atoms with Crippen molar-refractivity contribution in [2.75, 3.05) is 51.8 Å². The number of aryl methyl sites for hydroxylation is 2. The van der Waals surface area contributed by atoms with Crippen molar-refractivity contribution < 1.29 is 14.3 Å². The van der Waals surface area contributed by atoms with Gasteiger partial charge in [-0.1, -0.05) is 30.3 Å². The van der Waals surface area contributed by atoms with Crippen molar-refractivity contribution in [2.45, 2.75) is 25.9 Å². The van der Waals surface area contributed by atoms with Crippen LogP contribution in [0.4, 0.5) is 10.6 Å². The maximum Gasteiger partial charge on any atom is 0.323 e. The van der Waals surface area contributed by atoms with Crippen molar-refractivity contribution in [3.63, 3.8) is 0 Å². The summed E-state index contributed by atoms with van der Waals surface area (Å²) in [7, 11) is 1.84. The molecule has 0 atom stereocenters. The molecule has 9 heteroatoms. The molecule has 204 valence electrons. The number of likely N-dealkylation sites (N-methyl/N-ethyl adjacent to an activating group) is 1. The van der Waals surface area contributed by atoms with Crippen molar-refractivity contribution in [1.29, 1.82) is 0 Å². The molecule has 3 aliphatic rings. The van der Waals surface area contributed by atoms with Gasteiger partial charge in [0.15, 0.2) is 0 Å². The molecule has 0 radical (unpaired) electrons. The largest absolute Gasteiger partial charge is 0.379 e. The van der Waals surface area contributed by atoms with Gasteiger partial charge in [-0.25, -0.2) is 9.78 Å². The standard InChI is InChI=1S/C30H33N5O3.ClH/c1-33(19-24-9-8-23-7-6-22-3-2-4-26(24)28(22)23)27(36)10-5-21-17-25-20-35(30(37)32-29(25)31-18-21)12-11-34-13-15-38-16-14-34;/h2-5,8-10,17-18H,6-7,11-16,19-20H2,1H3,(H,31,32,37);1H/b10-5+;. The second-order valence-corrected chi connectivity index (χ2v) is 10.3. The fourth-order valence-corrected chi connectivity index (χ4v) is 5.65. The van der Waals surface area contributed by atoms with Crippen molar-refractivity contribution in [2.24, 2.45) is 0 Å². The first-order valence-corrected chi connectivity index (χ1v) is 13.4. The fraction of sp³-hybridized carbons (Fsp3) is 0.367. The Kier molecular flexibility index (Phi) is 8.16. The lowest BCUT2D eigenvalue weighted by molar-refractivity contribution is -0.125. The summed E-state index contributed by atoms with van der Waals surface area (Å²) in [5.41, 5.74) is 5.76. The van der Waals surface area contributed by atoms with E-state index in [1.54, 1.807) is 23.2 Å². The zero-order valence-corrected chi connectivity index (χ0v) is 23.0. The molecule has 0 unspecified atom stereocenters. The lowest BCUT2D eigenvalue weighted by atomic mass is 9.99. The van der Waals surface area contributed by atoms with E-state index in [1.807, 2.05) is 18.0 Å². The number of hydrogen-bond donors (Lipinski definition) is 1. The van der Waals surface area contributed by atoms with Crippen LogP contribution in [0.25, 0.3) is 16.8 Å². The van der Waals surface area contributed by atoms with Gasteiger partial charge in [-0.2, -0.15) is 0 Å². The van der Waals surface area contributed by atoms with Crippen molar-refractivity contribution in [3.05, 3.63) is 76.5 Å². The van der Waals surface area contributed by atoms with Crippen LogP contribution in [0.1, 0.15) is 27.8 Å². The molecule has 3 heterocycles. The van der Waals surface area contributed by atoms with Crippen LogP contribution in [0.15, 0.2) is 48.7 Å². The third kappa shape index (κ3) is 5.78. The molecule has 39 heavy (non-hydrogen) atoms. The number of pyridine rings is 1. The van der Waals surface area contributed by atoms with E-state index in [2.05, 4.69) is 45.5 Å². The fourth-order valence-electron chi connectivity index (χ4n) is 5.65. The number of urea groups is 1. The number of aromatic nitrogens is 1. The number of hydrogen-bond acceptors (Lipinski definition) is 5. The van der Waals surface area contributed by atoms with Crippen molar-refractivity contribution in [1.82, 2.24) is 19.7 Å². The number of fused-ring (bicyclic) bond motifs is 1. The molecule has 1 N–H and O–H groups in total. The molecule has 3 aromatic rings. The Bertz CT molecular complexity index is 1410. The molecule has 0 bridgehead atoms. The smallest absolute Gasteiger partial charge is 0.323 e. The minimum Gasteiger partial charge on any atom is -0.379 e. The molecule has 1 fully saturated rings. The van der Waals surface area contributed by atoms with Crippen LogP contribution in [0.3, 0.4) is 0 Å². The lowest BCUT2D eigenvalue weighted by Gasteiger charge is -2.32. The number of carbonyl (C=O) groups is 2. The number of benzene rings is 2. The Balaban J connectivity index is 0.00000308. The van der Waals surface area contributed by atoms with Gasteiger partial charge in [-0.3, -0.25) is 15.0 Å². The maximum atomic E-state index is 13.0. The average Bonchev–Trinajstić information content (AvgIpc) is 3.37. The van der Waals surface area contributed by atoms with E-state index in [0.29, 0.717) is 25.5 Å². The van der Waals surface area contributed by atoms with Gasteiger partial charge >= 0.3 is 6.03 Å². The van der Waals surface area contributed by atoms with E-state index in [1.165, 1.54) is 27.5 Å². The number of rotatable bonds is 7. The summed E-state index contributed by atoms with van der Waals surface area (Å²) in [4.78, 5) is 35.8. The first-order chi connectivity index (χ1) is 18.5. The number of ether oxygens (including phenoxy) is 1. The minimum atomic E-state index is -0.124. The number of halogens is 1. The van der Waals surface area contributed by atoms with Gasteiger partial charge in [-0.15, -0.1) is 12.4 Å². The Hall–Kier alpha value is -3.46. The molecule has 0 saturated carbocycles. The Morgan fingerprint density at radius 1 is 1.10 bits per heavy atom. The summed E-state index contributed by atoms with van der Waals surface area (Å²) in [6, 6.07) is 12.7. The van der Waals surface area contributed by atoms with E-state index >= 15 is 0 Å². The van der Waals surface area contributed by atoms with Gasteiger partial charge in [0.25, 0.3) is 0 Å². The van der Waals surface area contributed by atoms with E-state index in [-0.39, 0.29) is 24.3 Å². The highest BCUT2D eigenvalue weighted by atomic mass is 35.5. The Morgan fingerprint density at radius 3 is 2.72 bits per heavy atom. The quantitative estimate of drug-likeness (QED) is 0.451. The molecule has 3 amide bonds. The van der Waals surface area contributed by atoms with Crippen LogP contribution in [-0.4, -0.2) is 78.1 Å². The first-order valence-electron chi connectivity index (χ1n) is 13.4. The number of nitrogens with zero attached hydrogens (tertiary/aromatic N) is 4. The summed E-state index contributed by atoms with van der Waals surface area (Å²) < 4.78 is 5.41. The summed E-state index contributed by atoms with van der Waals surface area (Å²) >= 11 is 0. The third-order valence-corrected chi connectivity index (χ3v) is 7.82. The lowest BCUT2D eigenvalue weighted by Crippen LogP contribution is -2.45. The highest BCUT2D eigenvalue weighted by Gasteiger charge is 2.24. The van der Waals surface area contributed by atoms with Crippen LogP contribution in [0.5, 0.6) is 0 Å². The van der Waals surface area contributed by atoms with Crippen LogP contribution in [0.2, 0.25) is 0 Å². The first kappa shape index (κ1) is 27.1. The van der Waals surface area contributed by atoms with Crippen LogP contribution in [-0.2, 0) is 35.5 Å². The highest BCUT2D eigenvalue weighted by molar-refractivity contribution is 5.95. The van der Waals surface area contributed by atoms with E-state index < -0.39 is 0 Å². The number of carbonyl (C=O) groups excluding carboxylic acids is 2. The van der Waals surface area contributed by atoms with Crippen molar-refractivity contribution in [3.8, 4) is 0 Å². The minimum absolute atomic E-state index is 0. The molecule has 1 aliphatic carbocycles. The molecule has 2 aliphatic heterocycles. The highest BCUT2D eigenvalue weighted by Crippen LogP contribution is 2.33. The number of morpholine rings is 1. The number of anilines is 1. The molecular weight excluding hydrogens is 514 g/mol. The second kappa shape index (κ2) is 11.7. The van der Waals surface area contributed by atoms with Gasteiger partial charge < -0.3 is 14.5 Å². The molecule has 0 spiro atoms. The summed E-state index contributed by atoms with van der Waals surface area (Å²) in [5, 5.41) is 5.51. The predicted molar refractivity (Wildman–Crippen MR) is 155 cm³/mol. The Morgan fingerprint density at radius 2 is 1.90 bits per heavy atom. The Labute approximate surface area is 235 Å². The average molecular weight is 548 g/mol.